The van der Waals surface area contributed by atoms with Gasteiger partial charge < -0.3 is 47.9 Å². The lowest BCUT2D eigenvalue weighted by Gasteiger charge is -2.30. The van der Waals surface area contributed by atoms with Crippen molar-refractivity contribution in [1.29, 1.82) is 0 Å². The first-order valence-electron chi connectivity index (χ1n) is 25.2. The molecule has 0 aliphatic carbocycles. The van der Waals surface area contributed by atoms with E-state index in [-0.39, 0.29) is 86.4 Å². The summed E-state index contributed by atoms with van der Waals surface area (Å²) < 4.78 is 0. The Morgan fingerprint density at radius 3 is 0.794 bits per heavy atom. The molecule has 0 spiro atoms. The quantitative estimate of drug-likeness (QED) is 0.110. The molecule has 0 unspecified atom stereocenters. The Hall–Kier alpha value is -4.77. The van der Waals surface area contributed by atoms with Crippen molar-refractivity contribution in [2.45, 2.75) is 210 Å². The second kappa shape index (κ2) is 30.0. The van der Waals surface area contributed by atoms with Gasteiger partial charge in [-0.05, 0) is 92.3 Å². The summed E-state index contributed by atoms with van der Waals surface area (Å²) in [4.78, 5) is 126. The molecular weight excluding hydrogens is 871 g/mol. The van der Waals surface area contributed by atoms with E-state index in [4.69, 9.17) is 0 Å². The summed E-state index contributed by atoms with van der Waals surface area (Å²) in [5, 5.41) is 25.1. The third-order valence-corrected chi connectivity index (χ3v) is 11.6. The lowest BCUT2D eigenvalue weighted by atomic mass is 9.95. The zero-order chi connectivity index (χ0) is 52.2. The van der Waals surface area contributed by atoms with Crippen LogP contribution in [0.2, 0.25) is 0 Å². The summed E-state index contributed by atoms with van der Waals surface area (Å²) in [7, 11) is 0. The maximum atomic E-state index is 14.3. The molecule has 9 amide bonds. The second-order valence-electron chi connectivity index (χ2n) is 22.0. The van der Waals surface area contributed by atoms with Gasteiger partial charge in [0.05, 0.1) is 6.54 Å². The highest BCUT2D eigenvalue weighted by Crippen LogP contribution is 2.16. The van der Waals surface area contributed by atoms with Crippen molar-refractivity contribution in [3.05, 3.63) is 0 Å². The van der Waals surface area contributed by atoms with E-state index in [1.807, 2.05) is 104 Å². The summed E-state index contributed by atoms with van der Waals surface area (Å²) in [6.45, 7) is 29.5. The average Bonchev–Trinajstić information content (AvgIpc) is 3.20. The topological polar surface area (TPSA) is 262 Å². The fourth-order valence-electron chi connectivity index (χ4n) is 8.04. The maximum absolute atomic E-state index is 14.3. The van der Waals surface area contributed by atoms with E-state index >= 15 is 0 Å². The van der Waals surface area contributed by atoms with Crippen LogP contribution in [0.3, 0.4) is 0 Å². The zero-order valence-electron chi connectivity index (χ0n) is 44.3. The molecular formula is C50H91N9O9. The molecule has 0 saturated carbocycles. The van der Waals surface area contributed by atoms with Crippen molar-refractivity contribution in [3.63, 3.8) is 0 Å². The molecule has 18 nitrogen and oxygen atoms in total. The monoisotopic (exact) mass is 962 g/mol. The van der Waals surface area contributed by atoms with Gasteiger partial charge in [-0.15, -0.1) is 0 Å². The first kappa shape index (κ1) is 61.2. The highest BCUT2D eigenvalue weighted by Gasteiger charge is 2.37. The van der Waals surface area contributed by atoms with Crippen LogP contribution >= 0.6 is 0 Å². The molecule has 18 heteroatoms. The van der Waals surface area contributed by atoms with E-state index in [1.165, 1.54) is 0 Å². The smallest absolute Gasteiger partial charge is 0.243 e. The fourth-order valence-corrected chi connectivity index (χ4v) is 8.04. The predicted octanol–water partition coefficient (Wildman–Crippen LogP) is 3.36. The van der Waals surface area contributed by atoms with Crippen molar-refractivity contribution in [3.8, 4) is 0 Å². The minimum atomic E-state index is -1.12. The number of amides is 9. The lowest BCUT2D eigenvalue weighted by Crippen LogP contribution is -2.61. The molecule has 1 heterocycles. The highest BCUT2D eigenvalue weighted by molar-refractivity contribution is 5.98. The lowest BCUT2D eigenvalue weighted by molar-refractivity contribution is -0.136. The second-order valence-corrected chi connectivity index (χ2v) is 22.0. The van der Waals surface area contributed by atoms with E-state index in [9.17, 15) is 43.2 Å². The SMILES string of the molecule is CC[C@H](C)[C@@H]1NC(=O)[C@H](CC(C)C)NC(=O)CNC(=O)[C@H](CC(C)C)NC(=O)[C@H](CC(C)C)NC(=O)[C@H](CC(C)C)NC(=O)[C@H](CC(C)C)NC(=O)[C@H](CC(C)C)NC(=O)[C@H](CC(C)C)NC1=O. The predicted molar refractivity (Wildman–Crippen MR) is 264 cm³/mol. The van der Waals surface area contributed by atoms with Gasteiger partial charge in [-0.1, -0.05) is 117 Å². The van der Waals surface area contributed by atoms with Gasteiger partial charge in [-0.2, -0.15) is 0 Å². The van der Waals surface area contributed by atoms with Crippen LogP contribution in [0.1, 0.15) is 162 Å². The number of carbonyl (C=O) groups excluding carboxylic acids is 9. The van der Waals surface area contributed by atoms with Gasteiger partial charge in [0, 0.05) is 0 Å². The van der Waals surface area contributed by atoms with Gasteiger partial charge in [0.2, 0.25) is 53.2 Å². The summed E-state index contributed by atoms with van der Waals surface area (Å²) in [5.74, 6) is -6.67. The first-order valence-corrected chi connectivity index (χ1v) is 25.2. The number of nitrogens with one attached hydrogen (secondary N) is 9. The molecule has 0 aromatic heterocycles. The number of hydrogen-bond acceptors (Lipinski definition) is 9. The van der Waals surface area contributed by atoms with Crippen molar-refractivity contribution < 1.29 is 43.2 Å². The molecule has 0 radical (unpaired) electrons. The molecule has 0 aromatic rings. The van der Waals surface area contributed by atoms with Gasteiger partial charge in [-0.3, -0.25) is 43.2 Å². The minimum absolute atomic E-state index is 0.0717. The van der Waals surface area contributed by atoms with Crippen LogP contribution in [-0.4, -0.2) is 108 Å². The Morgan fingerprint density at radius 2 is 0.544 bits per heavy atom. The molecule has 1 rings (SSSR count). The average molecular weight is 962 g/mol. The largest absolute Gasteiger partial charge is 0.345 e. The van der Waals surface area contributed by atoms with E-state index in [0.29, 0.717) is 6.42 Å². The Bertz CT molecular complexity index is 1680. The highest BCUT2D eigenvalue weighted by atomic mass is 16.2. The summed E-state index contributed by atoms with van der Waals surface area (Å²) >= 11 is 0. The van der Waals surface area contributed by atoms with Crippen LogP contribution in [0.25, 0.3) is 0 Å². The molecule has 9 N–H and O–H groups in total. The summed E-state index contributed by atoms with van der Waals surface area (Å²) in [5.41, 5.74) is 0. The summed E-state index contributed by atoms with van der Waals surface area (Å²) in [6.07, 6.45) is 1.86. The molecule has 390 valence electrons. The fraction of sp³-hybridized carbons (Fsp3) is 0.820. The zero-order valence-corrected chi connectivity index (χ0v) is 44.3. The molecule has 9 atom stereocenters. The van der Waals surface area contributed by atoms with Gasteiger partial charge in [0.25, 0.3) is 0 Å². The number of carbonyl (C=O) groups is 9. The molecule has 0 aromatic carbocycles. The van der Waals surface area contributed by atoms with E-state index in [2.05, 4.69) is 47.9 Å². The number of rotatable bonds is 16. The van der Waals surface area contributed by atoms with Gasteiger partial charge in [0.1, 0.15) is 48.3 Å². The Labute approximate surface area is 407 Å². The summed E-state index contributed by atoms with van der Waals surface area (Å²) in [6, 6.07) is -8.87. The van der Waals surface area contributed by atoms with E-state index in [1.54, 1.807) is 6.92 Å². The number of hydrogen-bond donors (Lipinski definition) is 9. The molecule has 1 aliphatic rings. The minimum Gasteiger partial charge on any atom is -0.345 e. The van der Waals surface area contributed by atoms with Crippen LogP contribution in [0.4, 0.5) is 0 Å². The first-order chi connectivity index (χ1) is 31.5. The molecule has 1 saturated heterocycles. The maximum Gasteiger partial charge on any atom is 0.243 e. The molecule has 68 heavy (non-hydrogen) atoms. The van der Waals surface area contributed by atoms with Gasteiger partial charge >= 0.3 is 0 Å². The third-order valence-electron chi connectivity index (χ3n) is 11.6. The van der Waals surface area contributed by atoms with Crippen molar-refractivity contribution in [2.75, 3.05) is 6.54 Å². The van der Waals surface area contributed by atoms with Gasteiger partial charge in [0.15, 0.2) is 0 Å². The standard InChI is InChI=1S/C50H91N9O9/c1-17-33(16)42-50(68)58-40(24-32(14)15)48(66)57-39(23-31(12)13)47(65)56-38(22-30(10)11)46(64)55-37(21-29(8)9)45(63)54-36(20-28(6)7)44(62)53-34(18-26(2)3)43(61)51-25-41(60)52-35(19-27(4)5)49(67)59-42/h26-40,42H,17-25H2,1-16H3,(H,51,61)(H,52,60)(H,53,62)(H,54,63)(H,55,64)(H,56,65)(H,57,66)(H,58,68)(H,59,67)/t33-,34-,35-,36-,37-,38-,39-,40-,42-/m0/s1. The van der Waals surface area contributed by atoms with Crippen molar-refractivity contribution in [1.82, 2.24) is 47.9 Å². The molecule has 1 aliphatic heterocycles. The van der Waals surface area contributed by atoms with Crippen LogP contribution in [-0.2, 0) is 43.2 Å². The Morgan fingerprint density at radius 1 is 0.324 bits per heavy atom. The van der Waals surface area contributed by atoms with E-state index < -0.39 is 114 Å². The normalized spacial score (nSPS) is 25.9. The Balaban J connectivity index is 4.01. The molecule has 1 fully saturated rings. The van der Waals surface area contributed by atoms with Crippen molar-refractivity contribution in [2.24, 2.45) is 47.3 Å². The molecule has 0 bridgehead atoms. The van der Waals surface area contributed by atoms with Gasteiger partial charge in [-0.25, -0.2) is 0 Å². The van der Waals surface area contributed by atoms with Crippen LogP contribution in [0.5, 0.6) is 0 Å². The van der Waals surface area contributed by atoms with Crippen LogP contribution in [0, 0.1) is 47.3 Å². The van der Waals surface area contributed by atoms with Crippen molar-refractivity contribution >= 4 is 53.2 Å². The third kappa shape index (κ3) is 23.0. The van der Waals surface area contributed by atoms with Crippen LogP contribution < -0.4 is 47.9 Å². The Kier molecular flexibility index (Phi) is 27.0. The van der Waals surface area contributed by atoms with E-state index in [0.717, 1.165) is 0 Å². The van der Waals surface area contributed by atoms with Crippen LogP contribution in [0.15, 0.2) is 0 Å².